The average molecular weight is 144 g/mol. The minimum atomic E-state index is 0.219. The highest BCUT2D eigenvalue weighted by atomic mass is 16.6. The van der Waals surface area contributed by atoms with E-state index in [0.29, 0.717) is 0 Å². The molecule has 3 heteroatoms. The smallest absolute Gasteiger partial charge is 0.0700 e. The molecule has 0 amide bonds. The van der Waals surface area contributed by atoms with Gasteiger partial charge in [0.05, 0.1) is 45.1 Å². The van der Waals surface area contributed by atoms with Crippen LogP contribution in [-0.2, 0) is 14.2 Å². The Labute approximate surface area is 60.3 Å². The molecule has 1 spiro atoms. The van der Waals surface area contributed by atoms with E-state index in [4.69, 9.17) is 14.2 Å². The zero-order chi connectivity index (χ0) is 6.86. The molecule has 0 bridgehead atoms. The summed E-state index contributed by atoms with van der Waals surface area (Å²) in [6.07, 6.45) is 0. The van der Waals surface area contributed by atoms with Crippen molar-refractivity contribution in [2.24, 2.45) is 5.41 Å². The van der Waals surface area contributed by atoms with Crippen LogP contribution < -0.4 is 0 Å². The zero-order valence-electron chi connectivity index (χ0n) is 5.97. The summed E-state index contributed by atoms with van der Waals surface area (Å²) in [6, 6.07) is 0. The van der Waals surface area contributed by atoms with Crippen molar-refractivity contribution in [3.8, 4) is 0 Å². The van der Waals surface area contributed by atoms with Crippen molar-refractivity contribution in [3.63, 3.8) is 0 Å². The van der Waals surface area contributed by atoms with E-state index < -0.39 is 0 Å². The van der Waals surface area contributed by atoms with Crippen molar-refractivity contribution in [2.75, 3.05) is 39.6 Å². The fourth-order valence-electron chi connectivity index (χ4n) is 1.29. The molecule has 58 valence electrons. The van der Waals surface area contributed by atoms with E-state index in [1.54, 1.807) is 0 Å². The zero-order valence-corrected chi connectivity index (χ0v) is 5.97. The first-order valence-electron chi connectivity index (χ1n) is 3.65. The van der Waals surface area contributed by atoms with Gasteiger partial charge in [-0.15, -0.1) is 0 Å². The van der Waals surface area contributed by atoms with Gasteiger partial charge in [0.25, 0.3) is 0 Å². The van der Waals surface area contributed by atoms with E-state index in [9.17, 15) is 0 Å². The van der Waals surface area contributed by atoms with Gasteiger partial charge in [0, 0.05) is 0 Å². The van der Waals surface area contributed by atoms with Gasteiger partial charge in [0.15, 0.2) is 0 Å². The average Bonchev–Trinajstić information content (AvgIpc) is 2.08. The van der Waals surface area contributed by atoms with Crippen LogP contribution in [0.3, 0.4) is 0 Å². The van der Waals surface area contributed by atoms with E-state index in [1.165, 1.54) is 0 Å². The highest BCUT2D eigenvalue weighted by Crippen LogP contribution is 2.29. The molecule has 0 saturated carbocycles. The van der Waals surface area contributed by atoms with Crippen molar-refractivity contribution >= 4 is 0 Å². The van der Waals surface area contributed by atoms with Crippen LogP contribution in [0.2, 0.25) is 0 Å². The van der Waals surface area contributed by atoms with E-state index in [0.717, 1.165) is 39.6 Å². The second-order valence-corrected chi connectivity index (χ2v) is 3.10. The summed E-state index contributed by atoms with van der Waals surface area (Å²) in [6.45, 7) is 4.73. The van der Waals surface area contributed by atoms with Crippen LogP contribution in [0.1, 0.15) is 0 Å². The summed E-state index contributed by atoms with van der Waals surface area (Å²) in [4.78, 5) is 0. The quantitative estimate of drug-likeness (QED) is 0.481. The first kappa shape index (κ1) is 6.58. The van der Waals surface area contributed by atoms with Gasteiger partial charge in [-0.1, -0.05) is 0 Å². The second-order valence-electron chi connectivity index (χ2n) is 3.10. The van der Waals surface area contributed by atoms with E-state index in [1.807, 2.05) is 0 Å². The topological polar surface area (TPSA) is 27.7 Å². The van der Waals surface area contributed by atoms with Gasteiger partial charge >= 0.3 is 0 Å². The molecule has 2 fully saturated rings. The Kier molecular flexibility index (Phi) is 1.64. The molecule has 3 nitrogen and oxygen atoms in total. The molecule has 0 aliphatic carbocycles. The minimum absolute atomic E-state index is 0.219. The van der Waals surface area contributed by atoms with Crippen LogP contribution in [-0.4, -0.2) is 39.6 Å². The molecule has 2 saturated heterocycles. The van der Waals surface area contributed by atoms with Crippen LogP contribution in [0.5, 0.6) is 0 Å². The van der Waals surface area contributed by atoms with E-state index >= 15 is 0 Å². The number of hydrogen-bond acceptors (Lipinski definition) is 3. The van der Waals surface area contributed by atoms with Crippen LogP contribution in [0.4, 0.5) is 0 Å². The Balaban J connectivity index is 1.92. The van der Waals surface area contributed by atoms with Crippen LogP contribution in [0.15, 0.2) is 0 Å². The maximum atomic E-state index is 5.35. The molecule has 10 heavy (non-hydrogen) atoms. The molecule has 0 atom stereocenters. The van der Waals surface area contributed by atoms with Gasteiger partial charge in [-0.3, -0.25) is 0 Å². The molecule has 2 heterocycles. The van der Waals surface area contributed by atoms with Crippen LogP contribution in [0.25, 0.3) is 0 Å². The molecule has 0 unspecified atom stereocenters. The second kappa shape index (κ2) is 2.49. The van der Waals surface area contributed by atoms with Gasteiger partial charge < -0.3 is 14.2 Å². The number of hydrogen-bond donors (Lipinski definition) is 0. The Morgan fingerprint density at radius 3 is 1.60 bits per heavy atom. The first-order chi connectivity index (χ1) is 4.91. The lowest BCUT2D eigenvalue weighted by molar-refractivity contribution is -0.157. The van der Waals surface area contributed by atoms with Crippen molar-refractivity contribution in [1.29, 1.82) is 0 Å². The third kappa shape index (κ3) is 1.05. The molecule has 0 aromatic rings. The molecule has 0 radical (unpaired) electrons. The lowest BCUT2D eigenvalue weighted by Crippen LogP contribution is -2.48. The summed E-state index contributed by atoms with van der Waals surface area (Å²) in [5.41, 5.74) is 0.219. The maximum absolute atomic E-state index is 5.35. The molecule has 2 aliphatic rings. The van der Waals surface area contributed by atoms with Gasteiger partial charge in [-0.25, -0.2) is 0 Å². The molecular formula is C7H12O3. The number of ether oxygens (including phenoxy) is 3. The fourth-order valence-corrected chi connectivity index (χ4v) is 1.29. The summed E-state index contributed by atoms with van der Waals surface area (Å²) in [7, 11) is 0. The SMILES string of the molecule is C1COCC2(CO1)COC2. The lowest BCUT2D eigenvalue weighted by atomic mass is 9.88. The molecule has 0 aromatic carbocycles. The Hall–Kier alpha value is -0.120. The Morgan fingerprint density at radius 1 is 0.700 bits per heavy atom. The standard InChI is InChI=1S/C7H12O3/c1-2-9-4-7(3-8-1)5-10-6-7/h1-6H2. The van der Waals surface area contributed by atoms with Crippen LogP contribution in [0, 0.1) is 5.41 Å². The van der Waals surface area contributed by atoms with Crippen molar-refractivity contribution in [2.45, 2.75) is 0 Å². The highest BCUT2D eigenvalue weighted by Gasteiger charge is 2.40. The summed E-state index contributed by atoms with van der Waals surface area (Å²) in [5, 5.41) is 0. The van der Waals surface area contributed by atoms with Gasteiger partial charge in [-0.2, -0.15) is 0 Å². The van der Waals surface area contributed by atoms with E-state index in [2.05, 4.69) is 0 Å². The fraction of sp³-hybridized carbons (Fsp3) is 1.00. The summed E-state index contributed by atoms with van der Waals surface area (Å²) < 4.78 is 15.8. The third-order valence-electron chi connectivity index (χ3n) is 2.01. The predicted molar refractivity (Wildman–Crippen MR) is 34.9 cm³/mol. The highest BCUT2D eigenvalue weighted by molar-refractivity contribution is 4.86. The summed E-state index contributed by atoms with van der Waals surface area (Å²) in [5.74, 6) is 0. The molecule has 0 N–H and O–H groups in total. The van der Waals surface area contributed by atoms with Crippen molar-refractivity contribution in [3.05, 3.63) is 0 Å². The third-order valence-corrected chi connectivity index (χ3v) is 2.01. The first-order valence-corrected chi connectivity index (χ1v) is 3.65. The largest absolute Gasteiger partial charge is 0.380 e. The van der Waals surface area contributed by atoms with Crippen LogP contribution >= 0.6 is 0 Å². The normalized spacial score (nSPS) is 31.2. The van der Waals surface area contributed by atoms with Crippen molar-refractivity contribution in [1.82, 2.24) is 0 Å². The van der Waals surface area contributed by atoms with Gasteiger partial charge in [-0.05, 0) is 0 Å². The lowest BCUT2D eigenvalue weighted by Gasteiger charge is -2.39. The number of rotatable bonds is 0. The summed E-state index contributed by atoms with van der Waals surface area (Å²) >= 11 is 0. The predicted octanol–water partition coefficient (Wildman–Crippen LogP) is 0.0498. The Morgan fingerprint density at radius 2 is 1.20 bits per heavy atom. The monoisotopic (exact) mass is 144 g/mol. The maximum Gasteiger partial charge on any atom is 0.0700 e. The van der Waals surface area contributed by atoms with Gasteiger partial charge in [0.2, 0.25) is 0 Å². The van der Waals surface area contributed by atoms with Gasteiger partial charge in [0.1, 0.15) is 0 Å². The Bertz CT molecular complexity index is 110. The van der Waals surface area contributed by atoms with E-state index in [-0.39, 0.29) is 5.41 Å². The molecule has 0 aromatic heterocycles. The minimum Gasteiger partial charge on any atom is -0.380 e. The molecule has 2 aliphatic heterocycles. The van der Waals surface area contributed by atoms with Crippen molar-refractivity contribution < 1.29 is 14.2 Å². The molecular weight excluding hydrogens is 132 g/mol. The molecule has 2 rings (SSSR count).